The lowest BCUT2D eigenvalue weighted by atomic mass is 10.1. The third-order valence-electron chi connectivity index (χ3n) is 3.30. The zero-order chi connectivity index (χ0) is 12.5. The standard InChI is InChI=1S/C13H14ClN3O/c14-11-4-2-1-3-9(11)7-13-16-15-12-6-5-10(18)8-17(12)13/h1-4,10,18H,5-8H2. The van der Waals surface area contributed by atoms with Crippen molar-refractivity contribution >= 4 is 11.6 Å². The Morgan fingerprint density at radius 1 is 1.33 bits per heavy atom. The summed E-state index contributed by atoms with van der Waals surface area (Å²) >= 11 is 6.15. The highest BCUT2D eigenvalue weighted by Crippen LogP contribution is 2.21. The maximum atomic E-state index is 9.72. The van der Waals surface area contributed by atoms with Gasteiger partial charge in [0.2, 0.25) is 0 Å². The molecule has 4 nitrogen and oxygen atoms in total. The summed E-state index contributed by atoms with van der Waals surface area (Å²) in [6, 6.07) is 7.74. The normalized spacial score (nSPS) is 18.7. The minimum atomic E-state index is -0.293. The molecule has 2 aromatic rings. The van der Waals surface area contributed by atoms with Gasteiger partial charge in [-0.1, -0.05) is 29.8 Å². The van der Waals surface area contributed by atoms with Crippen molar-refractivity contribution in [3.63, 3.8) is 0 Å². The molecule has 0 bridgehead atoms. The molecule has 1 aliphatic rings. The first-order valence-electron chi connectivity index (χ1n) is 6.06. The van der Waals surface area contributed by atoms with Crippen molar-refractivity contribution in [2.45, 2.75) is 31.9 Å². The minimum absolute atomic E-state index is 0.293. The van der Waals surface area contributed by atoms with Crippen molar-refractivity contribution < 1.29 is 5.11 Å². The van der Waals surface area contributed by atoms with E-state index < -0.39 is 0 Å². The summed E-state index contributed by atoms with van der Waals surface area (Å²) in [5, 5.41) is 18.8. The molecule has 1 aromatic carbocycles. The second-order valence-electron chi connectivity index (χ2n) is 4.60. The van der Waals surface area contributed by atoms with Crippen LogP contribution in [0.25, 0.3) is 0 Å². The molecule has 1 aliphatic heterocycles. The van der Waals surface area contributed by atoms with Crippen LogP contribution in [0.3, 0.4) is 0 Å². The predicted octanol–water partition coefficient (Wildman–Crippen LogP) is 1.83. The largest absolute Gasteiger partial charge is 0.391 e. The average molecular weight is 264 g/mol. The predicted molar refractivity (Wildman–Crippen MR) is 68.6 cm³/mol. The van der Waals surface area contributed by atoms with E-state index in [4.69, 9.17) is 11.6 Å². The van der Waals surface area contributed by atoms with Crippen LogP contribution in [0.4, 0.5) is 0 Å². The summed E-state index contributed by atoms with van der Waals surface area (Å²) < 4.78 is 2.01. The van der Waals surface area contributed by atoms with Crippen molar-refractivity contribution in [2.75, 3.05) is 0 Å². The van der Waals surface area contributed by atoms with E-state index in [1.54, 1.807) is 0 Å². The summed E-state index contributed by atoms with van der Waals surface area (Å²) in [6.07, 6.45) is 1.92. The highest BCUT2D eigenvalue weighted by molar-refractivity contribution is 6.31. The van der Waals surface area contributed by atoms with E-state index in [2.05, 4.69) is 10.2 Å². The zero-order valence-corrected chi connectivity index (χ0v) is 10.6. The second-order valence-corrected chi connectivity index (χ2v) is 5.01. The summed E-state index contributed by atoms with van der Waals surface area (Å²) in [5.74, 6) is 1.83. The van der Waals surface area contributed by atoms with E-state index in [9.17, 15) is 5.11 Å². The fraction of sp³-hybridized carbons (Fsp3) is 0.385. The quantitative estimate of drug-likeness (QED) is 0.899. The van der Waals surface area contributed by atoms with Gasteiger partial charge in [0, 0.05) is 17.9 Å². The molecule has 1 atom stereocenters. The molecule has 0 radical (unpaired) electrons. The van der Waals surface area contributed by atoms with Gasteiger partial charge in [0.25, 0.3) is 0 Å². The highest BCUT2D eigenvalue weighted by atomic mass is 35.5. The Morgan fingerprint density at radius 2 is 2.17 bits per heavy atom. The molecule has 1 unspecified atom stereocenters. The van der Waals surface area contributed by atoms with Crippen molar-refractivity contribution in [1.82, 2.24) is 14.8 Å². The Hall–Kier alpha value is -1.39. The molecule has 0 saturated carbocycles. The molecule has 0 fully saturated rings. The van der Waals surface area contributed by atoms with E-state index in [-0.39, 0.29) is 6.10 Å². The van der Waals surface area contributed by atoms with Crippen LogP contribution in [0.1, 0.15) is 23.6 Å². The molecule has 5 heteroatoms. The van der Waals surface area contributed by atoms with Gasteiger partial charge in [0.15, 0.2) is 0 Å². The lowest BCUT2D eigenvalue weighted by Crippen LogP contribution is -2.25. The van der Waals surface area contributed by atoms with Gasteiger partial charge in [-0.3, -0.25) is 0 Å². The smallest absolute Gasteiger partial charge is 0.137 e. The van der Waals surface area contributed by atoms with Crippen LogP contribution in [0.2, 0.25) is 5.02 Å². The van der Waals surface area contributed by atoms with Crippen LogP contribution in [0.15, 0.2) is 24.3 Å². The average Bonchev–Trinajstić information content (AvgIpc) is 2.75. The molecular weight excluding hydrogens is 250 g/mol. The number of halogens is 1. The monoisotopic (exact) mass is 263 g/mol. The molecule has 1 N–H and O–H groups in total. The van der Waals surface area contributed by atoms with Gasteiger partial charge < -0.3 is 9.67 Å². The fourth-order valence-electron chi connectivity index (χ4n) is 2.31. The maximum Gasteiger partial charge on any atom is 0.137 e. The molecule has 0 saturated heterocycles. The number of nitrogens with zero attached hydrogens (tertiary/aromatic N) is 3. The molecule has 1 aromatic heterocycles. The Kier molecular flexibility index (Phi) is 3.06. The Morgan fingerprint density at radius 3 is 3.00 bits per heavy atom. The van der Waals surface area contributed by atoms with Crippen LogP contribution < -0.4 is 0 Å². The zero-order valence-electron chi connectivity index (χ0n) is 9.88. The third-order valence-corrected chi connectivity index (χ3v) is 3.67. The first-order valence-corrected chi connectivity index (χ1v) is 6.44. The van der Waals surface area contributed by atoms with E-state index in [0.717, 1.165) is 35.1 Å². The third kappa shape index (κ3) is 2.13. The van der Waals surface area contributed by atoms with Crippen molar-refractivity contribution in [2.24, 2.45) is 0 Å². The van der Waals surface area contributed by atoms with Crippen LogP contribution >= 0.6 is 11.6 Å². The molecule has 2 heterocycles. The number of aliphatic hydroxyl groups excluding tert-OH is 1. The maximum absolute atomic E-state index is 9.72. The van der Waals surface area contributed by atoms with Gasteiger partial charge in [-0.15, -0.1) is 10.2 Å². The van der Waals surface area contributed by atoms with Crippen LogP contribution in [0.5, 0.6) is 0 Å². The molecule has 0 aliphatic carbocycles. The van der Waals surface area contributed by atoms with E-state index in [0.29, 0.717) is 13.0 Å². The SMILES string of the molecule is OC1CCc2nnc(Cc3ccccc3Cl)n2C1. The number of fused-ring (bicyclic) bond motifs is 1. The van der Waals surface area contributed by atoms with Gasteiger partial charge in [-0.2, -0.15) is 0 Å². The summed E-state index contributed by atoms with van der Waals surface area (Å²) in [7, 11) is 0. The Labute approximate surface area is 110 Å². The van der Waals surface area contributed by atoms with Crippen LogP contribution in [-0.2, 0) is 19.4 Å². The van der Waals surface area contributed by atoms with Crippen LogP contribution in [0, 0.1) is 0 Å². The number of aromatic nitrogens is 3. The number of hydrogen-bond donors (Lipinski definition) is 1. The van der Waals surface area contributed by atoms with Crippen LogP contribution in [-0.4, -0.2) is 26.0 Å². The van der Waals surface area contributed by atoms with Gasteiger partial charge >= 0.3 is 0 Å². The lowest BCUT2D eigenvalue weighted by Gasteiger charge is -2.20. The Bertz CT molecular complexity index is 567. The van der Waals surface area contributed by atoms with Gasteiger partial charge in [-0.25, -0.2) is 0 Å². The fourth-order valence-corrected chi connectivity index (χ4v) is 2.51. The number of aliphatic hydroxyl groups is 1. The van der Waals surface area contributed by atoms with Gasteiger partial charge in [0.05, 0.1) is 12.6 Å². The van der Waals surface area contributed by atoms with Crippen molar-refractivity contribution in [3.05, 3.63) is 46.5 Å². The number of hydrogen-bond acceptors (Lipinski definition) is 3. The van der Waals surface area contributed by atoms with Crippen molar-refractivity contribution in [3.8, 4) is 0 Å². The van der Waals surface area contributed by atoms with E-state index in [1.807, 2.05) is 28.8 Å². The Balaban J connectivity index is 1.90. The summed E-state index contributed by atoms with van der Waals surface area (Å²) in [4.78, 5) is 0. The van der Waals surface area contributed by atoms with Crippen molar-refractivity contribution in [1.29, 1.82) is 0 Å². The topological polar surface area (TPSA) is 50.9 Å². The molecular formula is C13H14ClN3O. The first kappa shape index (κ1) is 11.7. The van der Waals surface area contributed by atoms with Gasteiger partial charge in [-0.05, 0) is 18.1 Å². The second kappa shape index (κ2) is 4.71. The van der Waals surface area contributed by atoms with E-state index >= 15 is 0 Å². The molecule has 3 rings (SSSR count). The molecule has 18 heavy (non-hydrogen) atoms. The highest BCUT2D eigenvalue weighted by Gasteiger charge is 2.21. The van der Waals surface area contributed by atoms with Gasteiger partial charge in [0.1, 0.15) is 11.6 Å². The number of aryl methyl sites for hydroxylation is 1. The molecule has 0 amide bonds. The summed E-state index contributed by atoms with van der Waals surface area (Å²) in [6.45, 7) is 0.585. The number of rotatable bonds is 2. The lowest BCUT2D eigenvalue weighted by molar-refractivity contribution is 0.129. The number of benzene rings is 1. The molecule has 0 spiro atoms. The minimum Gasteiger partial charge on any atom is -0.391 e. The summed E-state index contributed by atoms with van der Waals surface area (Å²) in [5.41, 5.74) is 1.04. The molecule has 94 valence electrons. The van der Waals surface area contributed by atoms with E-state index in [1.165, 1.54) is 0 Å². The first-order chi connectivity index (χ1) is 8.74.